The maximum Gasteiger partial charge on any atom is 0.157 e. The summed E-state index contributed by atoms with van der Waals surface area (Å²) in [6, 6.07) is 10.8. The number of ether oxygens (including phenoxy) is 3. The number of fused-ring (bicyclic) bond motifs is 5. The molecule has 5 fully saturated rings. The summed E-state index contributed by atoms with van der Waals surface area (Å²) in [5.74, 6) is 4.59. The van der Waals surface area contributed by atoms with Gasteiger partial charge in [0.05, 0.1) is 24.9 Å². The monoisotopic (exact) mass is 594 g/mol. The zero-order valence-corrected chi connectivity index (χ0v) is 28.0. The molecule has 1 N–H and O–H groups in total. The highest BCUT2D eigenvalue weighted by atomic mass is 16.7. The molecule has 0 radical (unpaired) electrons. The second-order valence-electron chi connectivity index (χ2n) is 16.5. The van der Waals surface area contributed by atoms with Gasteiger partial charge in [-0.25, -0.2) is 0 Å². The first-order valence-electron chi connectivity index (χ1n) is 18.3. The lowest BCUT2D eigenvalue weighted by Gasteiger charge is -2.63. The van der Waals surface area contributed by atoms with E-state index in [1.165, 1.54) is 69.8 Å². The minimum Gasteiger partial charge on any atom is -0.393 e. The van der Waals surface area contributed by atoms with Crippen LogP contribution in [0.1, 0.15) is 124 Å². The van der Waals surface area contributed by atoms with Crippen molar-refractivity contribution in [1.82, 2.24) is 0 Å². The van der Waals surface area contributed by atoms with Gasteiger partial charge in [-0.3, -0.25) is 0 Å². The molecule has 0 spiro atoms. The number of hydrogen-bond acceptors (Lipinski definition) is 4. The molecule has 1 aliphatic heterocycles. The molecule has 6 rings (SSSR count). The van der Waals surface area contributed by atoms with Crippen molar-refractivity contribution in [2.45, 2.75) is 149 Å². The van der Waals surface area contributed by atoms with Gasteiger partial charge in [-0.1, -0.05) is 65.0 Å². The lowest BCUT2D eigenvalue weighted by Crippen LogP contribution is -2.59. The minimum absolute atomic E-state index is 0.0130. The fraction of sp³-hybridized carbons (Fsp3) is 0.846. The average Bonchev–Trinajstić information content (AvgIpc) is 3.37. The smallest absolute Gasteiger partial charge is 0.157 e. The molecule has 0 amide bonds. The van der Waals surface area contributed by atoms with Crippen LogP contribution in [-0.2, 0) is 20.8 Å². The van der Waals surface area contributed by atoms with Crippen LogP contribution in [0.5, 0.6) is 0 Å². The van der Waals surface area contributed by atoms with Crippen LogP contribution >= 0.6 is 0 Å². The Morgan fingerprint density at radius 1 is 0.884 bits per heavy atom. The highest BCUT2D eigenvalue weighted by Crippen LogP contribution is 2.69. The van der Waals surface area contributed by atoms with Gasteiger partial charge in [0.25, 0.3) is 0 Å². The Labute approximate surface area is 263 Å². The summed E-state index contributed by atoms with van der Waals surface area (Å²) < 4.78 is 19.7. The van der Waals surface area contributed by atoms with Crippen molar-refractivity contribution in [3.63, 3.8) is 0 Å². The SMILES string of the molecule is CC(C)C(O)CC[C@@H](C)[C@H]1CC[C@H]2[C@@H]3[C@H](OCc4ccccc4)C[C@H]4C[C@@H](OC5CCCCO5)CC[C@]4(C)[C@H]3CC[C@]12C. The number of benzene rings is 1. The molecule has 43 heavy (non-hydrogen) atoms. The van der Waals surface area contributed by atoms with Gasteiger partial charge in [-0.05, 0) is 141 Å². The first-order chi connectivity index (χ1) is 20.7. The lowest BCUT2D eigenvalue weighted by atomic mass is 9.43. The Kier molecular flexibility index (Phi) is 10.00. The van der Waals surface area contributed by atoms with Crippen molar-refractivity contribution >= 4 is 0 Å². The Morgan fingerprint density at radius 2 is 1.65 bits per heavy atom. The summed E-state index contributed by atoms with van der Waals surface area (Å²) in [5.41, 5.74) is 2.07. The first kappa shape index (κ1) is 32.0. The van der Waals surface area contributed by atoms with Gasteiger partial charge < -0.3 is 19.3 Å². The second kappa shape index (κ2) is 13.4. The molecule has 1 aromatic carbocycles. The molecule has 5 aliphatic rings. The van der Waals surface area contributed by atoms with Crippen LogP contribution in [0.25, 0.3) is 0 Å². The third-order valence-electron chi connectivity index (χ3n) is 13.8. The van der Waals surface area contributed by atoms with Crippen LogP contribution in [0.4, 0.5) is 0 Å². The van der Waals surface area contributed by atoms with Crippen LogP contribution in [0.15, 0.2) is 30.3 Å². The van der Waals surface area contributed by atoms with Gasteiger partial charge in [0.2, 0.25) is 0 Å². The Bertz CT molecular complexity index is 1020. The predicted molar refractivity (Wildman–Crippen MR) is 173 cm³/mol. The third-order valence-corrected chi connectivity index (χ3v) is 13.8. The van der Waals surface area contributed by atoms with E-state index in [0.717, 1.165) is 50.2 Å². The highest BCUT2D eigenvalue weighted by molar-refractivity contribution is 5.15. The van der Waals surface area contributed by atoms with Crippen molar-refractivity contribution in [1.29, 1.82) is 0 Å². The van der Waals surface area contributed by atoms with E-state index in [2.05, 4.69) is 65.0 Å². The summed E-state index contributed by atoms with van der Waals surface area (Å²) in [6.07, 6.45) is 16.3. The summed E-state index contributed by atoms with van der Waals surface area (Å²) >= 11 is 0. The molecule has 4 nitrogen and oxygen atoms in total. The zero-order valence-electron chi connectivity index (χ0n) is 28.0. The van der Waals surface area contributed by atoms with Gasteiger partial charge in [0.1, 0.15) is 0 Å². The standard InChI is InChI=1S/C39H62O4/c1-26(2)34(40)17-14-27(3)31-15-16-32-37-33(19-21-39(31,32)5)38(4)20-18-30(43-36-13-9-10-22-41-36)23-29(38)24-35(37)42-25-28-11-7-6-8-12-28/h6-8,11-12,26-27,29-37,40H,9-10,13-25H2,1-5H3/t27-,29-,30+,31-,32+,33+,34?,35-,36?,37+,38+,39-/m1/s1. The van der Waals surface area contributed by atoms with Gasteiger partial charge in [0, 0.05) is 6.61 Å². The molecule has 4 saturated carbocycles. The van der Waals surface area contributed by atoms with Gasteiger partial charge >= 0.3 is 0 Å². The Balaban J connectivity index is 1.21. The van der Waals surface area contributed by atoms with Crippen LogP contribution in [0.2, 0.25) is 0 Å². The molecule has 4 heteroatoms. The fourth-order valence-electron chi connectivity index (χ4n) is 11.2. The van der Waals surface area contributed by atoms with Crippen molar-refractivity contribution in [2.24, 2.45) is 52.3 Å². The molecule has 242 valence electrons. The second-order valence-corrected chi connectivity index (χ2v) is 16.5. The minimum atomic E-state index is -0.169. The number of aliphatic hydroxyl groups excluding tert-OH is 1. The van der Waals surface area contributed by atoms with E-state index in [0.29, 0.717) is 46.7 Å². The van der Waals surface area contributed by atoms with Gasteiger partial charge in [0.15, 0.2) is 6.29 Å². The van der Waals surface area contributed by atoms with Crippen molar-refractivity contribution in [3.05, 3.63) is 35.9 Å². The van der Waals surface area contributed by atoms with E-state index in [4.69, 9.17) is 14.2 Å². The molecule has 0 aromatic heterocycles. The number of hydrogen-bond donors (Lipinski definition) is 1. The van der Waals surface area contributed by atoms with E-state index < -0.39 is 0 Å². The van der Waals surface area contributed by atoms with E-state index in [1.807, 2.05) is 0 Å². The summed E-state index contributed by atoms with van der Waals surface area (Å²) in [7, 11) is 0. The largest absolute Gasteiger partial charge is 0.393 e. The molecule has 12 atom stereocenters. The molecule has 1 aromatic rings. The maximum atomic E-state index is 10.6. The topological polar surface area (TPSA) is 47.9 Å². The summed E-state index contributed by atoms with van der Waals surface area (Å²) in [6.45, 7) is 13.7. The zero-order chi connectivity index (χ0) is 30.2. The van der Waals surface area contributed by atoms with Gasteiger partial charge in [-0.2, -0.15) is 0 Å². The van der Waals surface area contributed by atoms with Crippen LogP contribution in [-0.4, -0.2) is 36.3 Å². The Morgan fingerprint density at radius 3 is 2.40 bits per heavy atom. The van der Waals surface area contributed by atoms with Crippen LogP contribution in [0.3, 0.4) is 0 Å². The quantitative estimate of drug-likeness (QED) is 0.274. The molecule has 4 aliphatic carbocycles. The predicted octanol–water partition coefficient (Wildman–Crippen LogP) is 9.19. The first-order valence-corrected chi connectivity index (χ1v) is 18.3. The van der Waals surface area contributed by atoms with E-state index in [-0.39, 0.29) is 12.4 Å². The number of aliphatic hydroxyl groups is 1. The maximum absolute atomic E-state index is 10.6. The van der Waals surface area contributed by atoms with Crippen molar-refractivity contribution < 1.29 is 19.3 Å². The molecular weight excluding hydrogens is 532 g/mol. The fourth-order valence-corrected chi connectivity index (χ4v) is 11.2. The molecular formula is C39H62O4. The lowest BCUT2D eigenvalue weighted by molar-refractivity contribution is -0.226. The normalized spacial score (nSPS) is 42.6. The van der Waals surface area contributed by atoms with Crippen molar-refractivity contribution in [3.8, 4) is 0 Å². The van der Waals surface area contributed by atoms with Crippen LogP contribution < -0.4 is 0 Å². The summed E-state index contributed by atoms with van der Waals surface area (Å²) in [4.78, 5) is 0. The molecule has 2 unspecified atom stereocenters. The molecule has 0 bridgehead atoms. The third kappa shape index (κ3) is 6.51. The average molecular weight is 595 g/mol. The Hall–Kier alpha value is -0.940. The van der Waals surface area contributed by atoms with Crippen molar-refractivity contribution in [2.75, 3.05) is 6.61 Å². The van der Waals surface area contributed by atoms with E-state index in [1.54, 1.807) is 0 Å². The van der Waals surface area contributed by atoms with E-state index in [9.17, 15) is 5.11 Å². The number of rotatable bonds is 10. The summed E-state index contributed by atoms with van der Waals surface area (Å²) in [5, 5.41) is 10.6. The van der Waals surface area contributed by atoms with Crippen LogP contribution in [0, 0.1) is 52.3 Å². The van der Waals surface area contributed by atoms with E-state index >= 15 is 0 Å². The highest BCUT2D eigenvalue weighted by Gasteiger charge is 2.63. The van der Waals surface area contributed by atoms with Gasteiger partial charge in [-0.15, -0.1) is 0 Å². The molecule has 1 heterocycles. The molecule has 1 saturated heterocycles.